The summed E-state index contributed by atoms with van der Waals surface area (Å²) in [5.41, 5.74) is 1.76. The molecular weight excluding hydrogens is 145 g/mol. The molecule has 1 N–H and O–H groups in total. The van der Waals surface area contributed by atoms with Gasteiger partial charge in [0, 0.05) is 11.6 Å². The van der Waals surface area contributed by atoms with Crippen LogP contribution in [0.1, 0.15) is 0 Å². The lowest BCUT2D eigenvalue weighted by Crippen LogP contribution is -1.89. The molecule has 0 aliphatic carbocycles. The number of H-pyrrole nitrogens is 1. The second-order valence-corrected chi connectivity index (χ2v) is 2.56. The van der Waals surface area contributed by atoms with Crippen LogP contribution in [0.2, 0.25) is 0 Å². The summed E-state index contributed by atoms with van der Waals surface area (Å²) in [7, 11) is 2.55. The van der Waals surface area contributed by atoms with E-state index in [1.165, 1.54) is 0 Å². The summed E-state index contributed by atoms with van der Waals surface area (Å²) in [6.07, 6.45) is 1.74. The first kappa shape index (κ1) is 5.81. The summed E-state index contributed by atoms with van der Waals surface area (Å²) >= 11 is 0. The number of fused-ring (bicyclic) bond motifs is 1. The molecule has 1 atom stereocenters. The van der Waals surface area contributed by atoms with Crippen molar-refractivity contribution in [3.8, 4) is 0 Å². The Morgan fingerprint density at radius 2 is 2.40 bits per heavy atom. The van der Waals surface area contributed by atoms with Crippen LogP contribution in [0.15, 0.2) is 18.3 Å². The van der Waals surface area contributed by atoms with Gasteiger partial charge >= 0.3 is 0 Å². The van der Waals surface area contributed by atoms with Gasteiger partial charge in [0.2, 0.25) is 0 Å². The highest BCUT2D eigenvalue weighted by Crippen LogP contribution is 2.05. The van der Waals surface area contributed by atoms with Crippen LogP contribution in [0.4, 0.5) is 0 Å². The first-order chi connectivity index (χ1) is 4.88. The molecule has 0 aliphatic rings. The Morgan fingerprint density at radius 1 is 1.50 bits per heavy atom. The van der Waals surface area contributed by atoms with Gasteiger partial charge in [-0.15, -0.1) is 0 Å². The van der Waals surface area contributed by atoms with Crippen molar-refractivity contribution in [3.05, 3.63) is 18.3 Å². The second-order valence-electron chi connectivity index (χ2n) is 2.01. The van der Waals surface area contributed by atoms with E-state index in [1.54, 1.807) is 6.20 Å². The van der Waals surface area contributed by atoms with Crippen LogP contribution in [-0.4, -0.2) is 15.2 Å². The largest absolute Gasteiger partial charge is 0.260 e. The predicted molar refractivity (Wildman–Crippen MR) is 43.2 cm³/mol. The minimum Gasteiger partial charge on any atom is -0.260 e. The Labute approximate surface area is 60.1 Å². The molecule has 0 spiro atoms. The Kier molecular flexibility index (Phi) is 1.18. The van der Waals surface area contributed by atoms with Gasteiger partial charge in [0.05, 0.1) is 5.44 Å². The molecule has 50 valence electrons. The molecule has 4 heteroatoms. The van der Waals surface area contributed by atoms with E-state index in [2.05, 4.69) is 24.4 Å². The van der Waals surface area contributed by atoms with Crippen molar-refractivity contribution in [1.29, 1.82) is 0 Å². The zero-order valence-corrected chi connectivity index (χ0v) is 6.36. The molecule has 0 aliphatic heterocycles. The lowest BCUT2D eigenvalue weighted by Gasteiger charge is -1.83. The SMILES string of the molecule is Pc1n[nH]c2ncccc12. The van der Waals surface area contributed by atoms with Crippen LogP contribution < -0.4 is 5.44 Å². The number of hydrogen-bond donors (Lipinski definition) is 1. The number of hydrogen-bond acceptors (Lipinski definition) is 2. The minimum atomic E-state index is 0.840. The Bertz CT molecular complexity index is 355. The molecule has 0 fully saturated rings. The van der Waals surface area contributed by atoms with Crippen LogP contribution in [-0.2, 0) is 0 Å². The molecular formula is C6H6N3P. The molecule has 2 aromatic heterocycles. The van der Waals surface area contributed by atoms with Gasteiger partial charge in [-0.3, -0.25) is 5.10 Å². The highest BCUT2D eigenvalue weighted by Gasteiger charge is 1.97. The van der Waals surface area contributed by atoms with Gasteiger partial charge < -0.3 is 0 Å². The fraction of sp³-hybridized carbons (Fsp3) is 0. The summed E-state index contributed by atoms with van der Waals surface area (Å²) in [4.78, 5) is 4.07. The zero-order valence-electron chi connectivity index (χ0n) is 5.20. The molecule has 0 radical (unpaired) electrons. The molecule has 1 unspecified atom stereocenters. The first-order valence-corrected chi connectivity index (χ1v) is 3.50. The highest BCUT2D eigenvalue weighted by molar-refractivity contribution is 7.27. The van der Waals surface area contributed by atoms with Gasteiger partial charge in [-0.05, 0) is 12.1 Å². The molecule has 0 saturated carbocycles. The average molecular weight is 151 g/mol. The summed E-state index contributed by atoms with van der Waals surface area (Å²) in [5.74, 6) is 0. The van der Waals surface area contributed by atoms with Gasteiger partial charge in [-0.2, -0.15) is 5.10 Å². The number of rotatable bonds is 0. The fourth-order valence-corrected chi connectivity index (χ4v) is 1.17. The molecule has 0 saturated heterocycles. The van der Waals surface area contributed by atoms with E-state index in [4.69, 9.17) is 0 Å². The van der Waals surface area contributed by atoms with Crippen molar-refractivity contribution in [3.63, 3.8) is 0 Å². The van der Waals surface area contributed by atoms with Crippen molar-refractivity contribution >= 4 is 25.7 Å². The Hall–Kier alpha value is -0.950. The number of aromatic amines is 1. The number of aromatic nitrogens is 3. The van der Waals surface area contributed by atoms with Gasteiger partial charge in [-0.25, -0.2) is 4.98 Å². The topological polar surface area (TPSA) is 41.6 Å². The lowest BCUT2D eigenvalue weighted by atomic mass is 10.4. The van der Waals surface area contributed by atoms with E-state index in [9.17, 15) is 0 Å². The predicted octanol–water partition coefficient (Wildman–Crippen LogP) is 0.458. The van der Waals surface area contributed by atoms with Crippen LogP contribution in [0.5, 0.6) is 0 Å². The summed E-state index contributed by atoms with van der Waals surface area (Å²) in [6.45, 7) is 0. The monoisotopic (exact) mass is 151 g/mol. The van der Waals surface area contributed by atoms with E-state index in [-0.39, 0.29) is 0 Å². The minimum absolute atomic E-state index is 0.840. The molecule has 0 amide bonds. The van der Waals surface area contributed by atoms with Crippen molar-refractivity contribution in [1.82, 2.24) is 15.2 Å². The first-order valence-electron chi connectivity index (χ1n) is 2.92. The van der Waals surface area contributed by atoms with Crippen LogP contribution in [0.25, 0.3) is 11.0 Å². The standard InChI is InChI=1S/C6H6N3P/c10-6-4-2-1-3-7-5(4)8-9-6/h1-3H,10H2,(H,7,8,9). The zero-order chi connectivity index (χ0) is 6.97. The van der Waals surface area contributed by atoms with Crippen LogP contribution in [0.3, 0.4) is 0 Å². The normalized spacial score (nSPS) is 10.5. The third-order valence-corrected chi connectivity index (χ3v) is 1.81. The summed E-state index contributed by atoms with van der Waals surface area (Å²) in [6, 6.07) is 3.87. The third kappa shape index (κ3) is 0.711. The van der Waals surface area contributed by atoms with E-state index in [0.29, 0.717) is 0 Å². The molecule has 2 rings (SSSR count). The maximum absolute atomic E-state index is 4.07. The Balaban J connectivity index is 2.93. The molecule has 2 aromatic rings. The molecule has 2 heterocycles. The van der Waals surface area contributed by atoms with E-state index in [1.807, 2.05) is 12.1 Å². The average Bonchev–Trinajstić information content (AvgIpc) is 2.34. The van der Waals surface area contributed by atoms with E-state index >= 15 is 0 Å². The maximum atomic E-state index is 4.07. The van der Waals surface area contributed by atoms with Crippen molar-refractivity contribution < 1.29 is 0 Å². The molecule has 3 nitrogen and oxygen atoms in total. The molecule has 10 heavy (non-hydrogen) atoms. The number of nitrogens with one attached hydrogen (secondary N) is 1. The Morgan fingerprint density at radius 3 is 3.20 bits per heavy atom. The van der Waals surface area contributed by atoms with E-state index < -0.39 is 0 Å². The smallest absolute Gasteiger partial charge is 0.155 e. The van der Waals surface area contributed by atoms with Crippen LogP contribution in [0, 0.1) is 0 Å². The number of pyridine rings is 1. The summed E-state index contributed by atoms with van der Waals surface area (Å²) in [5, 5.41) is 7.84. The van der Waals surface area contributed by atoms with Crippen LogP contribution >= 0.6 is 9.24 Å². The van der Waals surface area contributed by atoms with Crippen molar-refractivity contribution in [2.75, 3.05) is 0 Å². The fourth-order valence-electron chi connectivity index (χ4n) is 0.874. The molecule has 0 aromatic carbocycles. The van der Waals surface area contributed by atoms with E-state index in [0.717, 1.165) is 16.5 Å². The summed E-state index contributed by atoms with van der Waals surface area (Å²) < 4.78 is 0. The highest BCUT2D eigenvalue weighted by atomic mass is 31.0. The third-order valence-electron chi connectivity index (χ3n) is 1.37. The second kappa shape index (κ2) is 2.03. The van der Waals surface area contributed by atoms with Gasteiger partial charge in [-0.1, -0.05) is 9.24 Å². The number of nitrogens with zero attached hydrogens (tertiary/aromatic N) is 2. The van der Waals surface area contributed by atoms with Gasteiger partial charge in [0.15, 0.2) is 5.65 Å². The maximum Gasteiger partial charge on any atom is 0.155 e. The quantitative estimate of drug-likeness (QED) is 0.555. The van der Waals surface area contributed by atoms with Crippen molar-refractivity contribution in [2.45, 2.75) is 0 Å². The molecule has 0 bridgehead atoms. The van der Waals surface area contributed by atoms with Gasteiger partial charge in [0.25, 0.3) is 0 Å². The van der Waals surface area contributed by atoms with Gasteiger partial charge in [0.1, 0.15) is 0 Å². The lowest BCUT2D eigenvalue weighted by molar-refractivity contribution is 1.12. The van der Waals surface area contributed by atoms with Crippen molar-refractivity contribution in [2.24, 2.45) is 0 Å².